The summed E-state index contributed by atoms with van der Waals surface area (Å²) in [5.41, 5.74) is 7.15. The Hall–Kier alpha value is -1.11. The monoisotopic (exact) mass is 318 g/mol. The van der Waals surface area contributed by atoms with Gasteiger partial charge in [0.2, 0.25) is 5.91 Å². The number of carbonyl (C=O) groups is 1. The van der Waals surface area contributed by atoms with Crippen molar-refractivity contribution in [2.24, 2.45) is 5.73 Å². The van der Waals surface area contributed by atoms with Crippen molar-refractivity contribution in [1.29, 1.82) is 0 Å². The van der Waals surface area contributed by atoms with Crippen LogP contribution in [0.5, 0.6) is 0 Å². The van der Waals surface area contributed by atoms with Gasteiger partial charge in [-0.2, -0.15) is 0 Å². The Morgan fingerprint density at radius 2 is 1.90 bits per heavy atom. The molecule has 2 N–H and O–H groups in total. The molecule has 0 bridgehead atoms. The second kappa shape index (κ2) is 6.56. The first-order chi connectivity index (χ1) is 8.87. The average molecular weight is 319 g/mol. The van der Waals surface area contributed by atoms with Crippen molar-refractivity contribution in [3.63, 3.8) is 0 Å². The van der Waals surface area contributed by atoms with Crippen LogP contribution in [0.4, 0.5) is 0 Å². The van der Waals surface area contributed by atoms with Gasteiger partial charge in [-0.05, 0) is 5.56 Å². The highest BCUT2D eigenvalue weighted by Crippen LogP contribution is 2.26. The van der Waals surface area contributed by atoms with Crippen LogP contribution in [-0.2, 0) is 14.6 Å². The van der Waals surface area contributed by atoms with Crippen molar-refractivity contribution in [2.45, 2.75) is 12.0 Å². The third kappa shape index (κ3) is 4.19. The lowest BCUT2D eigenvalue weighted by Gasteiger charge is -2.15. The van der Waals surface area contributed by atoms with Gasteiger partial charge in [0.1, 0.15) is 5.75 Å². The van der Waals surface area contributed by atoms with E-state index in [-0.39, 0.29) is 30.3 Å². The summed E-state index contributed by atoms with van der Waals surface area (Å²) in [6.45, 7) is 0.896. The number of nitrogens with zero attached hydrogens (tertiary/aromatic N) is 1. The van der Waals surface area contributed by atoms with Crippen LogP contribution in [0, 0.1) is 0 Å². The molecule has 0 unspecified atom stereocenters. The molecule has 1 aliphatic rings. The van der Waals surface area contributed by atoms with E-state index in [1.807, 2.05) is 30.3 Å². The minimum Gasteiger partial charge on any atom is -0.340 e. The lowest BCUT2D eigenvalue weighted by molar-refractivity contribution is -0.127. The van der Waals surface area contributed by atoms with Crippen molar-refractivity contribution < 1.29 is 13.2 Å². The van der Waals surface area contributed by atoms with E-state index in [9.17, 15) is 13.2 Å². The second-order valence-electron chi connectivity index (χ2n) is 5.05. The van der Waals surface area contributed by atoms with E-state index in [1.165, 1.54) is 0 Å². The van der Waals surface area contributed by atoms with Crippen molar-refractivity contribution in [2.75, 3.05) is 25.1 Å². The molecule has 0 radical (unpaired) electrons. The van der Waals surface area contributed by atoms with Gasteiger partial charge in [-0.15, -0.1) is 12.4 Å². The van der Waals surface area contributed by atoms with Gasteiger partial charge < -0.3 is 10.6 Å². The maximum absolute atomic E-state index is 11.9. The van der Waals surface area contributed by atoms with Crippen molar-refractivity contribution in [3.05, 3.63) is 35.9 Å². The molecule has 1 fully saturated rings. The molecule has 1 aromatic rings. The van der Waals surface area contributed by atoms with E-state index in [0.717, 1.165) is 11.8 Å². The Kier molecular flexibility index (Phi) is 5.56. The number of rotatable bonds is 3. The highest BCUT2D eigenvalue weighted by Gasteiger charge is 2.34. The Labute approximate surface area is 125 Å². The molecule has 5 nitrogen and oxygen atoms in total. The molecule has 1 heterocycles. The predicted octanol–water partition coefficient (Wildman–Crippen LogP) is 0.406. The molecular formula is C13H19ClN2O3S. The molecule has 20 heavy (non-hydrogen) atoms. The molecule has 1 aliphatic heterocycles. The maximum atomic E-state index is 11.9. The average Bonchev–Trinajstić information content (AvgIpc) is 2.70. The minimum absolute atomic E-state index is 0. The molecule has 2 atom stereocenters. The summed E-state index contributed by atoms with van der Waals surface area (Å²) in [6, 6.07) is 9.61. The molecule has 112 valence electrons. The van der Waals surface area contributed by atoms with Gasteiger partial charge in [0.05, 0.1) is 0 Å². The SMILES string of the molecule is CS(=O)(=O)CC(=O)N1C[C@@H](N)[C@H](c2ccccc2)C1.Cl. The van der Waals surface area contributed by atoms with Crippen LogP contribution >= 0.6 is 12.4 Å². The summed E-state index contributed by atoms with van der Waals surface area (Å²) in [7, 11) is -3.29. The van der Waals surface area contributed by atoms with Crippen LogP contribution in [0.1, 0.15) is 11.5 Å². The molecular weight excluding hydrogens is 300 g/mol. The van der Waals surface area contributed by atoms with Crippen LogP contribution in [0.25, 0.3) is 0 Å². The number of hydrogen-bond donors (Lipinski definition) is 1. The summed E-state index contributed by atoms with van der Waals surface area (Å²) in [4.78, 5) is 13.4. The first-order valence-electron chi connectivity index (χ1n) is 6.13. The van der Waals surface area contributed by atoms with Gasteiger partial charge >= 0.3 is 0 Å². The largest absolute Gasteiger partial charge is 0.340 e. The van der Waals surface area contributed by atoms with Crippen LogP contribution < -0.4 is 5.73 Å². The molecule has 1 saturated heterocycles. The first kappa shape index (κ1) is 16.9. The molecule has 1 aromatic carbocycles. The molecule has 2 rings (SSSR count). The Bertz CT molecular complexity index is 562. The highest BCUT2D eigenvalue weighted by atomic mass is 35.5. The lowest BCUT2D eigenvalue weighted by Crippen LogP contribution is -2.35. The fourth-order valence-corrected chi connectivity index (χ4v) is 3.03. The molecule has 7 heteroatoms. The fraction of sp³-hybridized carbons (Fsp3) is 0.462. The summed E-state index contributed by atoms with van der Waals surface area (Å²) < 4.78 is 22.3. The number of benzene rings is 1. The Morgan fingerprint density at radius 3 is 2.45 bits per heavy atom. The van der Waals surface area contributed by atoms with E-state index >= 15 is 0 Å². The van der Waals surface area contributed by atoms with E-state index < -0.39 is 15.6 Å². The number of sulfone groups is 1. The summed E-state index contributed by atoms with van der Waals surface area (Å²) in [6.07, 6.45) is 1.07. The van der Waals surface area contributed by atoms with Crippen molar-refractivity contribution >= 4 is 28.2 Å². The zero-order valence-electron chi connectivity index (χ0n) is 11.2. The van der Waals surface area contributed by atoms with Crippen LogP contribution in [0.3, 0.4) is 0 Å². The van der Waals surface area contributed by atoms with E-state index in [1.54, 1.807) is 4.90 Å². The van der Waals surface area contributed by atoms with E-state index in [4.69, 9.17) is 5.73 Å². The zero-order chi connectivity index (χ0) is 14.0. The van der Waals surface area contributed by atoms with Crippen molar-refractivity contribution in [3.8, 4) is 0 Å². The van der Waals surface area contributed by atoms with Crippen LogP contribution in [0.2, 0.25) is 0 Å². The zero-order valence-corrected chi connectivity index (χ0v) is 12.9. The third-order valence-corrected chi connectivity index (χ3v) is 4.10. The summed E-state index contributed by atoms with van der Waals surface area (Å²) in [5.74, 6) is -0.734. The molecule has 1 amide bonds. The normalized spacial score (nSPS) is 22.4. The summed E-state index contributed by atoms with van der Waals surface area (Å²) in [5, 5.41) is 0. The Morgan fingerprint density at radius 1 is 1.30 bits per heavy atom. The van der Waals surface area contributed by atoms with E-state index in [2.05, 4.69) is 0 Å². The topological polar surface area (TPSA) is 80.5 Å². The highest BCUT2D eigenvalue weighted by molar-refractivity contribution is 7.91. The van der Waals surface area contributed by atoms with Gasteiger partial charge in [-0.25, -0.2) is 8.42 Å². The van der Waals surface area contributed by atoms with Crippen molar-refractivity contribution in [1.82, 2.24) is 4.90 Å². The minimum atomic E-state index is -3.29. The third-order valence-electron chi connectivity index (χ3n) is 3.33. The number of nitrogens with two attached hydrogens (primary N) is 1. The van der Waals surface area contributed by atoms with Gasteiger partial charge in [-0.1, -0.05) is 30.3 Å². The standard InChI is InChI=1S/C13H18N2O3S.ClH/c1-19(17,18)9-13(16)15-7-11(12(14)8-15)10-5-3-2-4-6-10;/h2-6,11-12H,7-9,14H2,1H3;1H/t11-,12+;/m0./s1. The maximum Gasteiger partial charge on any atom is 0.237 e. The molecule has 0 saturated carbocycles. The Balaban J connectivity index is 0.00000200. The number of carbonyl (C=O) groups excluding carboxylic acids is 1. The second-order valence-corrected chi connectivity index (χ2v) is 7.19. The molecule has 0 spiro atoms. The summed E-state index contributed by atoms with van der Waals surface area (Å²) >= 11 is 0. The predicted molar refractivity (Wildman–Crippen MR) is 80.7 cm³/mol. The lowest BCUT2D eigenvalue weighted by atomic mass is 9.95. The smallest absolute Gasteiger partial charge is 0.237 e. The molecule has 0 aromatic heterocycles. The number of amides is 1. The van der Waals surface area contributed by atoms with Gasteiger partial charge in [0, 0.05) is 31.3 Å². The van der Waals surface area contributed by atoms with Gasteiger partial charge in [0.15, 0.2) is 9.84 Å². The van der Waals surface area contributed by atoms with Gasteiger partial charge in [0.25, 0.3) is 0 Å². The van der Waals surface area contributed by atoms with Gasteiger partial charge in [-0.3, -0.25) is 4.79 Å². The first-order valence-corrected chi connectivity index (χ1v) is 8.19. The van der Waals surface area contributed by atoms with Crippen LogP contribution in [-0.4, -0.2) is 50.4 Å². The number of likely N-dealkylation sites (tertiary alicyclic amines) is 1. The quantitative estimate of drug-likeness (QED) is 0.875. The molecule has 0 aliphatic carbocycles. The number of halogens is 1. The fourth-order valence-electron chi connectivity index (χ4n) is 2.40. The van der Waals surface area contributed by atoms with E-state index in [0.29, 0.717) is 13.1 Å². The number of hydrogen-bond acceptors (Lipinski definition) is 4. The van der Waals surface area contributed by atoms with Crippen LogP contribution in [0.15, 0.2) is 30.3 Å².